The van der Waals surface area contributed by atoms with Crippen LogP contribution in [0.2, 0.25) is 0 Å². The maximum atomic E-state index is 13.0. The molecule has 2 aliphatic carbocycles. The van der Waals surface area contributed by atoms with Crippen LogP contribution in [0.3, 0.4) is 0 Å². The molecular weight excluding hydrogens is 516 g/mol. The zero-order chi connectivity index (χ0) is 27.3. The van der Waals surface area contributed by atoms with E-state index >= 15 is 0 Å². The molecule has 0 atom stereocenters. The standard InChI is InChI=1S/C23H27FN2O3S.C2HF3O2/c24-18-9-13-21(14-10-18)30(28,29)26-20-11-7-17(8-12-20)23(15-16-23)22(27)25-19-5-3-1-2-4-6-19;3-2(4,5)1(6)7/h7-14,19,26H,1-6,15-16H2,(H,25,27);(H,6,7). The van der Waals surface area contributed by atoms with Gasteiger partial charge >= 0.3 is 12.1 Å². The van der Waals surface area contributed by atoms with Gasteiger partial charge in [0.25, 0.3) is 10.0 Å². The maximum Gasteiger partial charge on any atom is 0.490 e. The molecule has 0 unspecified atom stereocenters. The van der Waals surface area contributed by atoms with Crippen LogP contribution in [0, 0.1) is 5.82 Å². The predicted molar refractivity (Wildman–Crippen MR) is 128 cm³/mol. The van der Waals surface area contributed by atoms with Gasteiger partial charge in [-0.1, -0.05) is 37.8 Å². The highest BCUT2D eigenvalue weighted by Gasteiger charge is 2.51. The van der Waals surface area contributed by atoms with E-state index < -0.39 is 33.4 Å². The van der Waals surface area contributed by atoms with Crippen LogP contribution < -0.4 is 10.0 Å². The van der Waals surface area contributed by atoms with E-state index in [9.17, 15) is 30.8 Å². The summed E-state index contributed by atoms with van der Waals surface area (Å²) in [5.74, 6) is -3.16. The number of hydrogen-bond donors (Lipinski definition) is 3. The molecule has 0 saturated heterocycles. The zero-order valence-electron chi connectivity index (χ0n) is 19.9. The number of nitrogens with one attached hydrogen (secondary N) is 2. The van der Waals surface area contributed by atoms with Crippen molar-refractivity contribution in [2.75, 3.05) is 4.72 Å². The highest BCUT2D eigenvalue weighted by molar-refractivity contribution is 7.92. The van der Waals surface area contributed by atoms with Gasteiger partial charge in [-0.2, -0.15) is 13.2 Å². The third-order valence-corrected chi connectivity index (χ3v) is 7.83. The molecule has 0 heterocycles. The maximum absolute atomic E-state index is 13.0. The lowest BCUT2D eigenvalue weighted by atomic mass is 9.94. The Morgan fingerprint density at radius 2 is 1.41 bits per heavy atom. The molecule has 7 nitrogen and oxygen atoms in total. The Morgan fingerprint density at radius 3 is 1.86 bits per heavy atom. The van der Waals surface area contributed by atoms with E-state index in [1.807, 2.05) is 12.1 Å². The number of rotatable bonds is 6. The monoisotopic (exact) mass is 544 g/mol. The molecule has 0 radical (unpaired) electrons. The Labute approximate surface area is 212 Å². The number of hydrogen-bond acceptors (Lipinski definition) is 4. The van der Waals surface area contributed by atoms with Crippen LogP contribution in [0.25, 0.3) is 0 Å². The van der Waals surface area contributed by atoms with Crippen LogP contribution in [-0.2, 0) is 25.0 Å². The van der Waals surface area contributed by atoms with Crippen LogP contribution in [0.4, 0.5) is 23.2 Å². The fraction of sp³-hybridized carbons (Fsp3) is 0.440. The Hall–Kier alpha value is -3.15. The molecule has 3 N–H and O–H groups in total. The van der Waals surface area contributed by atoms with Crippen molar-refractivity contribution in [1.29, 1.82) is 0 Å². The molecule has 4 rings (SSSR count). The van der Waals surface area contributed by atoms with Gasteiger partial charge in [-0.15, -0.1) is 0 Å². The van der Waals surface area contributed by atoms with E-state index in [-0.39, 0.29) is 16.8 Å². The summed E-state index contributed by atoms with van der Waals surface area (Å²) in [5, 5.41) is 10.4. The first-order valence-corrected chi connectivity index (χ1v) is 13.3. The van der Waals surface area contributed by atoms with Crippen molar-refractivity contribution < 1.29 is 40.7 Å². The van der Waals surface area contributed by atoms with Gasteiger partial charge in [-0.05, 0) is 67.6 Å². The number of aliphatic carboxylic acids is 1. The lowest BCUT2D eigenvalue weighted by molar-refractivity contribution is -0.192. The lowest BCUT2D eigenvalue weighted by Gasteiger charge is -2.22. The number of amides is 1. The first-order chi connectivity index (χ1) is 17.3. The molecule has 2 aromatic rings. The van der Waals surface area contributed by atoms with Crippen LogP contribution in [0.15, 0.2) is 53.4 Å². The average Bonchev–Trinajstić information content (AvgIpc) is 3.65. The van der Waals surface area contributed by atoms with Crippen LogP contribution >= 0.6 is 0 Å². The number of carboxylic acid groups (broad SMARTS) is 1. The van der Waals surface area contributed by atoms with Crippen molar-refractivity contribution >= 4 is 27.6 Å². The van der Waals surface area contributed by atoms with E-state index in [4.69, 9.17) is 9.90 Å². The van der Waals surface area contributed by atoms with Gasteiger partial charge in [-0.25, -0.2) is 17.6 Å². The Kier molecular flexibility index (Phi) is 8.83. The number of carbonyl (C=O) groups is 2. The number of carbonyl (C=O) groups excluding carboxylic acids is 1. The minimum Gasteiger partial charge on any atom is -0.475 e. The summed E-state index contributed by atoms with van der Waals surface area (Å²) in [6.45, 7) is 0. The van der Waals surface area contributed by atoms with Crippen molar-refractivity contribution in [3.05, 3.63) is 59.9 Å². The third kappa shape index (κ3) is 7.67. The molecule has 0 aromatic heterocycles. The van der Waals surface area contributed by atoms with Gasteiger partial charge in [0.05, 0.1) is 10.3 Å². The van der Waals surface area contributed by atoms with Crippen molar-refractivity contribution in [3.8, 4) is 0 Å². The number of halogens is 4. The van der Waals surface area contributed by atoms with Gasteiger partial charge in [-0.3, -0.25) is 9.52 Å². The second-order valence-corrected chi connectivity index (χ2v) is 10.9. The van der Waals surface area contributed by atoms with Crippen molar-refractivity contribution in [3.63, 3.8) is 0 Å². The second-order valence-electron chi connectivity index (χ2n) is 9.18. The van der Waals surface area contributed by atoms with E-state index in [2.05, 4.69) is 10.0 Å². The molecule has 2 saturated carbocycles. The Bertz CT molecular complexity index is 1190. The summed E-state index contributed by atoms with van der Waals surface area (Å²) in [6, 6.07) is 11.9. The van der Waals surface area contributed by atoms with E-state index in [1.54, 1.807) is 12.1 Å². The molecule has 202 valence electrons. The van der Waals surface area contributed by atoms with Gasteiger partial charge in [0.2, 0.25) is 5.91 Å². The number of benzene rings is 2. The average molecular weight is 545 g/mol. The van der Waals surface area contributed by atoms with E-state index in [1.165, 1.54) is 37.8 Å². The molecule has 0 spiro atoms. The Morgan fingerprint density at radius 1 is 0.892 bits per heavy atom. The molecule has 2 aliphatic rings. The number of alkyl halides is 3. The van der Waals surface area contributed by atoms with Crippen molar-refractivity contribution in [2.24, 2.45) is 0 Å². The van der Waals surface area contributed by atoms with Gasteiger partial charge in [0, 0.05) is 11.7 Å². The molecule has 12 heteroatoms. The first-order valence-electron chi connectivity index (χ1n) is 11.8. The molecule has 1 amide bonds. The number of carboxylic acids is 1. The van der Waals surface area contributed by atoms with Gasteiger partial charge < -0.3 is 10.4 Å². The topological polar surface area (TPSA) is 113 Å². The molecular formula is C25H28F4N2O5S. The number of anilines is 1. The minimum absolute atomic E-state index is 0.00517. The van der Waals surface area contributed by atoms with E-state index in [0.717, 1.165) is 43.4 Å². The summed E-state index contributed by atoms with van der Waals surface area (Å²) in [4.78, 5) is 21.9. The van der Waals surface area contributed by atoms with Crippen molar-refractivity contribution in [1.82, 2.24) is 5.32 Å². The lowest BCUT2D eigenvalue weighted by Crippen LogP contribution is -2.41. The summed E-state index contributed by atoms with van der Waals surface area (Å²) in [5.41, 5.74) is 0.835. The minimum atomic E-state index is -5.08. The fourth-order valence-corrected chi connectivity index (χ4v) is 5.26. The highest BCUT2D eigenvalue weighted by Crippen LogP contribution is 2.48. The molecule has 0 bridgehead atoms. The Balaban J connectivity index is 0.000000479. The number of sulfonamides is 1. The fourth-order valence-electron chi connectivity index (χ4n) is 4.20. The van der Waals surface area contributed by atoms with Crippen LogP contribution in [0.1, 0.15) is 56.9 Å². The quantitative estimate of drug-likeness (QED) is 0.345. The summed E-state index contributed by atoms with van der Waals surface area (Å²) >= 11 is 0. The molecule has 0 aliphatic heterocycles. The predicted octanol–water partition coefficient (Wildman–Crippen LogP) is 5.13. The van der Waals surface area contributed by atoms with Crippen LogP contribution in [-0.4, -0.2) is 37.6 Å². The highest BCUT2D eigenvalue weighted by atomic mass is 32.2. The van der Waals surface area contributed by atoms with Gasteiger partial charge in [0.1, 0.15) is 5.82 Å². The first kappa shape index (κ1) is 28.4. The summed E-state index contributed by atoms with van der Waals surface area (Å²) in [7, 11) is -3.80. The normalized spacial score (nSPS) is 17.5. The van der Waals surface area contributed by atoms with E-state index in [0.29, 0.717) is 5.69 Å². The summed E-state index contributed by atoms with van der Waals surface area (Å²) < 4.78 is 72.2. The molecule has 2 fully saturated rings. The van der Waals surface area contributed by atoms with Gasteiger partial charge in [0.15, 0.2) is 0 Å². The van der Waals surface area contributed by atoms with Crippen LogP contribution in [0.5, 0.6) is 0 Å². The third-order valence-electron chi connectivity index (χ3n) is 6.43. The summed E-state index contributed by atoms with van der Waals surface area (Å²) in [6.07, 6.45) is 3.46. The zero-order valence-corrected chi connectivity index (χ0v) is 20.7. The second kappa shape index (κ2) is 11.5. The molecule has 37 heavy (non-hydrogen) atoms. The SMILES string of the molecule is O=C(NC1CCCCCC1)C1(c2ccc(NS(=O)(=O)c3ccc(F)cc3)cc2)CC1.O=C(O)C(F)(F)F. The largest absolute Gasteiger partial charge is 0.490 e. The smallest absolute Gasteiger partial charge is 0.475 e. The van der Waals surface area contributed by atoms with Crippen molar-refractivity contribution in [2.45, 2.75) is 73.9 Å². The molecule has 2 aromatic carbocycles.